The van der Waals surface area contributed by atoms with Crippen LogP contribution in [0.2, 0.25) is 0 Å². The van der Waals surface area contributed by atoms with Crippen molar-refractivity contribution in [2.45, 2.75) is 45.4 Å². The van der Waals surface area contributed by atoms with E-state index in [0.29, 0.717) is 6.61 Å². The van der Waals surface area contributed by atoms with Crippen LogP contribution in [0, 0.1) is 0 Å². The van der Waals surface area contributed by atoms with Crippen LogP contribution in [0.3, 0.4) is 0 Å². The third kappa shape index (κ3) is 7.68. The molecule has 6 heteroatoms. The van der Waals surface area contributed by atoms with Crippen molar-refractivity contribution >= 4 is 12.1 Å². The maximum atomic E-state index is 12.0. The molecule has 2 N–H and O–H groups in total. The van der Waals surface area contributed by atoms with Crippen LogP contribution in [0.15, 0.2) is 78.9 Å². The normalized spacial score (nSPS) is 12.0. The van der Waals surface area contributed by atoms with Crippen molar-refractivity contribution in [1.82, 2.24) is 5.32 Å². The number of carboxylic acid groups (broad SMARTS) is 1. The molecule has 0 aliphatic heterocycles. The van der Waals surface area contributed by atoms with Crippen molar-refractivity contribution in [3.05, 3.63) is 90.0 Å². The number of benzene rings is 3. The SMILES string of the molecule is CC(C)(C)OC(=O)N[C@@H](Cc1cccc(-c2ccc(OCc3ccccc3)cc2)c1)C(=O)O. The smallest absolute Gasteiger partial charge is 0.408 e. The molecule has 33 heavy (non-hydrogen) atoms. The van der Waals surface area contributed by atoms with Gasteiger partial charge in [-0.1, -0.05) is 66.7 Å². The first kappa shape index (κ1) is 23.9. The lowest BCUT2D eigenvalue weighted by molar-refractivity contribution is -0.139. The number of rotatable bonds is 8. The fourth-order valence-corrected chi connectivity index (χ4v) is 3.25. The Bertz CT molecular complexity index is 1070. The fraction of sp³-hybridized carbons (Fsp3) is 0.259. The molecule has 0 aliphatic rings. The Labute approximate surface area is 194 Å². The van der Waals surface area contributed by atoms with Gasteiger partial charge in [0, 0.05) is 6.42 Å². The van der Waals surface area contributed by atoms with Crippen molar-refractivity contribution in [1.29, 1.82) is 0 Å². The summed E-state index contributed by atoms with van der Waals surface area (Å²) in [5.41, 5.74) is 3.12. The summed E-state index contributed by atoms with van der Waals surface area (Å²) < 4.78 is 11.0. The van der Waals surface area contributed by atoms with Gasteiger partial charge in [-0.15, -0.1) is 0 Å². The summed E-state index contributed by atoms with van der Waals surface area (Å²) in [6.07, 6.45) is -0.613. The molecule has 3 rings (SSSR count). The third-order valence-electron chi connectivity index (χ3n) is 4.79. The highest BCUT2D eigenvalue weighted by Crippen LogP contribution is 2.24. The Kier molecular flexibility index (Phi) is 7.72. The Balaban J connectivity index is 1.65. The summed E-state index contributed by atoms with van der Waals surface area (Å²) in [6.45, 7) is 5.67. The van der Waals surface area contributed by atoms with Crippen LogP contribution < -0.4 is 10.1 Å². The Morgan fingerprint density at radius 2 is 1.55 bits per heavy atom. The molecule has 0 saturated carbocycles. The molecule has 0 radical (unpaired) electrons. The Hall–Kier alpha value is -3.80. The molecular formula is C27H29NO5. The predicted octanol–water partition coefficient (Wildman–Crippen LogP) is 5.45. The first-order valence-electron chi connectivity index (χ1n) is 10.8. The van der Waals surface area contributed by atoms with E-state index < -0.39 is 23.7 Å². The van der Waals surface area contributed by atoms with Crippen LogP contribution in [-0.4, -0.2) is 28.8 Å². The summed E-state index contributed by atoms with van der Waals surface area (Å²) in [5, 5.41) is 12.0. The molecule has 1 amide bonds. The molecule has 3 aromatic carbocycles. The van der Waals surface area contributed by atoms with E-state index in [-0.39, 0.29) is 6.42 Å². The standard InChI is InChI=1S/C27H29NO5/c1-27(2,3)33-26(31)28-24(25(29)30)17-20-10-7-11-22(16-20)21-12-14-23(15-13-21)32-18-19-8-5-4-6-9-19/h4-16,24H,17-18H2,1-3H3,(H,28,31)(H,29,30)/t24-/m0/s1. The molecule has 3 aromatic rings. The molecular weight excluding hydrogens is 418 g/mol. The topological polar surface area (TPSA) is 84.9 Å². The lowest BCUT2D eigenvalue weighted by atomic mass is 9.99. The van der Waals surface area contributed by atoms with Crippen LogP contribution in [0.5, 0.6) is 5.75 Å². The molecule has 0 saturated heterocycles. The van der Waals surface area contributed by atoms with Crippen LogP contribution in [-0.2, 0) is 22.6 Å². The molecule has 0 bridgehead atoms. The van der Waals surface area contributed by atoms with Crippen molar-refractivity contribution in [2.75, 3.05) is 0 Å². The molecule has 0 spiro atoms. The number of nitrogens with one attached hydrogen (secondary N) is 1. The third-order valence-corrected chi connectivity index (χ3v) is 4.79. The number of alkyl carbamates (subject to hydrolysis) is 1. The van der Waals surface area contributed by atoms with Crippen molar-refractivity contribution in [2.24, 2.45) is 0 Å². The van der Waals surface area contributed by atoms with Crippen LogP contribution >= 0.6 is 0 Å². The molecule has 0 fully saturated rings. The number of amides is 1. The van der Waals surface area contributed by atoms with Crippen LogP contribution in [0.25, 0.3) is 11.1 Å². The number of aliphatic carboxylic acids is 1. The second kappa shape index (κ2) is 10.7. The molecule has 0 aromatic heterocycles. The average Bonchev–Trinajstić information content (AvgIpc) is 2.77. The minimum absolute atomic E-state index is 0.140. The van der Waals surface area contributed by atoms with Crippen molar-refractivity contribution < 1.29 is 24.2 Å². The average molecular weight is 448 g/mol. The molecule has 172 valence electrons. The van der Waals surface area contributed by atoms with Gasteiger partial charge in [0.05, 0.1) is 0 Å². The zero-order valence-electron chi connectivity index (χ0n) is 19.1. The van der Waals surface area contributed by atoms with E-state index in [2.05, 4.69) is 5.32 Å². The molecule has 6 nitrogen and oxygen atoms in total. The van der Waals surface area contributed by atoms with Gasteiger partial charge >= 0.3 is 12.1 Å². The summed E-state index contributed by atoms with van der Waals surface area (Å²) in [7, 11) is 0. The van der Waals surface area contributed by atoms with Gasteiger partial charge in [-0.2, -0.15) is 0 Å². The van der Waals surface area contributed by atoms with Gasteiger partial charge in [0.2, 0.25) is 0 Å². The van der Waals surface area contributed by atoms with Gasteiger partial charge in [0.25, 0.3) is 0 Å². The first-order valence-corrected chi connectivity index (χ1v) is 10.8. The maximum Gasteiger partial charge on any atom is 0.408 e. The van der Waals surface area contributed by atoms with E-state index >= 15 is 0 Å². The molecule has 0 unspecified atom stereocenters. The van der Waals surface area contributed by atoms with E-state index in [4.69, 9.17) is 9.47 Å². The lowest BCUT2D eigenvalue weighted by Gasteiger charge is -2.22. The Morgan fingerprint density at radius 1 is 0.879 bits per heavy atom. The zero-order chi connectivity index (χ0) is 23.8. The first-order chi connectivity index (χ1) is 15.7. The summed E-state index contributed by atoms with van der Waals surface area (Å²) in [4.78, 5) is 23.7. The second-order valence-electron chi connectivity index (χ2n) is 8.74. The maximum absolute atomic E-state index is 12.0. The number of carboxylic acids is 1. The van der Waals surface area contributed by atoms with Gasteiger partial charge in [0.15, 0.2) is 0 Å². The van der Waals surface area contributed by atoms with Gasteiger partial charge in [0.1, 0.15) is 24.0 Å². The van der Waals surface area contributed by atoms with E-state index in [0.717, 1.165) is 28.0 Å². The quantitative estimate of drug-likeness (QED) is 0.479. The van der Waals surface area contributed by atoms with Crippen LogP contribution in [0.1, 0.15) is 31.9 Å². The second-order valence-corrected chi connectivity index (χ2v) is 8.74. The largest absolute Gasteiger partial charge is 0.489 e. The number of ether oxygens (including phenoxy) is 2. The van der Waals surface area contributed by atoms with Gasteiger partial charge < -0.3 is 19.9 Å². The minimum Gasteiger partial charge on any atom is -0.489 e. The number of hydrogen-bond acceptors (Lipinski definition) is 4. The number of carbonyl (C=O) groups is 2. The van der Waals surface area contributed by atoms with E-state index in [1.807, 2.05) is 78.9 Å². The molecule has 1 atom stereocenters. The van der Waals surface area contributed by atoms with E-state index in [1.165, 1.54) is 0 Å². The lowest BCUT2D eigenvalue weighted by Crippen LogP contribution is -2.44. The van der Waals surface area contributed by atoms with Gasteiger partial charge in [-0.05, 0) is 55.2 Å². The molecule has 0 aliphatic carbocycles. The van der Waals surface area contributed by atoms with Crippen molar-refractivity contribution in [3.8, 4) is 16.9 Å². The Morgan fingerprint density at radius 3 is 2.18 bits per heavy atom. The van der Waals surface area contributed by atoms with Crippen LogP contribution in [0.4, 0.5) is 4.79 Å². The van der Waals surface area contributed by atoms with Gasteiger partial charge in [-0.3, -0.25) is 0 Å². The highest BCUT2D eigenvalue weighted by molar-refractivity contribution is 5.80. The van der Waals surface area contributed by atoms with E-state index in [1.54, 1.807) is 20.8 Å². The molecule has 0 heterocycles. The number of hydrogen-bond donors (Lipinski definition) is 2. The number of carbonyl (C=O) groups excluding carboxylic acids is 1. The highest BCUT2D eigenvalue weighted by Gasteiger charge is 2.24. The monoisotopic (exact) mass is 447 g/mol. The predicted molar refractivity (Wildman–Crippen MR) is 127 cm³/mol. The summed E-state index contributed by atoms with van der Waals surface area (Å²) >= 11 is 0. The highest BCUT2D eigenvalue weighted by atomic mass is 16.6. The van der Waals surface area contributed by atoms with Crippen molar-refractivity contribution in [3.63, 3.8) is 0 Å². The summed E-state index contributed by atoms with van der Waals surface area (Å²) in [5.74, 6) is -0.350. The summed E-state index contributed by atoms with van der Waals surface area (Å²) in [6, 6.07) is 24.2. The minimum atomic E-state index is -1.12. The van der Waals surface area contributed by atoms with E-state index in [9.17, 15) is 14.7 Å². The van der Waals surface area contributed by atoms with Gasteiger partial charge in [-0.25, -0.2) is 9.59 Å². The zero-order valence-corrected chi connectivity index (χ0v) is 19.1. The fourth-order valence-electron chi connectivity index (χ4n) is 3.25.